The smallest absolute Gasteiger partial charge is 0.410 e. The van der Waals surface area contributed by atoms with Gasteiger partial charge >= 0.3 is 6.09 Å². The van der Waals surface area contributed by atoms with E-state index in [0.29, 0.717) is 42.8 Å². The van der Waals surface area contributed by atoms with E-state index in [1.54, 1.807) is 11.8 Å². The van der Waals surface area contributed by atoms with Crippen molar-refractivity contribution in [2.45, 2.75) is 45.9 Å². The van der Waals surface area contributed by atoms with Crippen LogP contribution >= 0.6 is 15.9 Å². The summed E-state index contributed by atoms with van der Waals surface area (Å²) in [5.74, 6) is 5.57. The van der Waals surface area contributed by atoms with Crippen LogP contribution in [0.2, 0.25) is 0 Å². The van der Waals surface area contributed by atoms with Gasteiger partial charge in [0.2, 0.25) is 0 Å². The molecule has 0 unspecified atom stereocenters. The van der Waals surface area contributed by atoms with Gasteiger partial charge in [-0.1, -0.05) is 5.92 Å². The van der Waals surface area contributed by atoms with Gasteiger partial charge in [0.25, 0.3) is 0 Å². The van der Waals surface area contributed by atoms with Gasteiger partial charge in [0.15, 0.2) is 11.6 Å². The van der Waals surface area contributed by atoms with Crippen LogP contribution in [0.15, 0.2) is 10.5 Å². The topological polar surface area (TPSA) is 42.0 Å². The van der Waals surface area contributed by atoms with Crippen molar-refractivity contribution in [1.82, 2.24) is 9.80 Å². The summed E-state index contributed by atoms with van der Waals surface area (Å²) < 4.78 is 26.4. The summed E-state index contributed by atoms with van der Waals surface area (Å²) in [4.78, 5) is 16.3. The molecule has 0 aromatic heterocycles. The van der Waals surface area contributed by atoms with Gasteiger partial charge in [0, 0.05) is 37.3 Å². The van der Waals surface area contributed by atoms with E-state index in [0.717, 1.165) is 5.56 Å². The summed E-state index contributed by atoms with van der Waals surface area (Å²) >= 11 is 3.28. The van der Waals surface area contributed by atoms with E-state index in [4.69, 9.17) is 9.47 Å². The fraction of sp³-hybridized carbons (Fsp3) is 0.550. The first-order valence-electron chi connectivity index (χ1n) is 8.98. The van der Waals surface area contributed by atoms with E-state index in [1.807, 2.05) is 26.8 Å². The molecule has 0 radical (unpaired) electrons. The highest BCUT2D eigenvalue weighted by atomic mass is 79.9. The number of rotatable bonds is 0. The fourth-order valence-electron chi connectivity index (χ4n) is 3.31. The maximum atomic E-state index is 14.8. The molecule has 1 amide bonds. The lowest BCUT2D eigenvalue weighted by Gasteiger charge is -2.40. The van der Waals surface area contributed by atoms with E-state index < -0.39 is 11.4 Å². The predicted octanol–water partition coefficient (Wildman–Crippen LogP) is 3.77. The number of carbonyl (C=O) groups excluding carboxylic acids is 1. The van der Waals surface area contributed by atoms with Crippen LogP contribution in [0.25, 0.3) is 0 Å². The van der Waals surface area contributed by atoms with Gasteiger partial charge in [-0.2, -0.15) is 0 Å². The number of hydrogen-bond donors (Lipinski definition) is 0. The molecule has 1 saturated heterocycles. The Hall–Kier alpha value is -1.78. The molecule has 7 heteroatoms. The van der Waals surface area contributed by atoms with Crippen molar-refractivity contribution >= 4 is 22.0 Å². The number of nitrogens with zero attached hydrogens (tertiary/aromatic N) is 2. The molecule has 2 aliphatic rings. The third kappa shape index (κ3) is 4.39. The molecule has 1 aromatic rings. The molecule has 1 aromatic carbocycles. The van der Waals surface area contributed by atoms with E-state index in [2.05, 4.69) is 32.7 Å². The zero-order valence-corrected chi connectivity index (χ0v) is 17.7. The van der Waals surface area contributed by atoms with E-state index >= 15 is 0 Å². The molecule has 146 valence electrons. The predicted molar refractivity (Wildman–Crippen MR) is 104 cm³/mol. The molecule has 0 N–H and O–H groups in total. The standard InChI is InChI=1S/C20H24BrFN2O3/c1-5-6-13-9-14-10-23-7-8-24(19(25)27-20(2,3)4)11-15(23)12-26-18(14)17(22)16(13)21/h9,15H,7-8,10-12H2,1-4H3/t15-/m1/s1. The van der Waals surface area contributed by atoms with Crippen molar-refractivity contribution in [2.75, 3.05) is 26.2 Å². The lowest BCUT2D eigenvalue weighted by Crippen LogP contribution is -2.56. The SMILES string of the molecule is CC#Cc1cc2c(c(F)c1Br)OC[C@H]1CN(C(=O)OC(C)(C)C)CCN1C2. The first-order chi connectivity index (χ1) is 12.7. The minimum Gasteiger partial charge on any atom is -0.488 e. The highest BCUT2D eigenvalue weighted by Gasteiger charge is 2.35. The number of halogens is 2. The molecule has 5 nitrogen and oxygen atoms in total. The molecular weight excluding hydrogens is 415 g/mol. The second-order valence-corrected chi connectivity index (χ2v) is 8.57. The fourth-order valence-corrected chi connectivity index (χ4v) is 3.70. The lowest BCUT2D eigenvalue weighted by molar-refractivity contribution is -0.00164. The molecule has 0 saturated carbocycles. The summed E-state index contributed by atoms with van der Waals surface area (Å²) in [7, 11) is 0. The lowest BCUT2D eigenvalue weighted by atomic mass is 10.1. The van der Waals surface area contributed by atoms with Gasteiger partial charge in [-0.05, 0) is 49.7 Å². The molecule has 2 heterocycles. The first-order valence-corrected chi connectivity index (χ1v) is 9.77. The molecule has 2 aliphatic heterocycles. The second-order valence-electron chi connectivity index (χ2n) is 7.78. The third-order valence-corrected chi connectivity index (χ3v) is 5.32. The van der Waals surface area contributed by atoms with Crippen molar-refractivity contribution < 1.29 is 18.7 Å². The average Bonchev–Trinajstić information content (AvgIpc) is 2.76. The Morgan fingerprint density at radius 1 is 1.41 bits per heavy atom. The monoisotopic (exact) mass is 438 g/mol. The summed E-state index contributed by atoms with van der Waals surface area (Å²) in [6.45, 7) is 9.89. The van der Waals surface area contributed by atoms with Crippen LogP contribution in [0.1, 0.15) is 38.8 Å². The normalized spacial score (nSPS) is 19.8. The van der Waals surface area contributed by atoms with Crippen LogP contribution < -0.4 is 4.74 Å². The highest BCUT2D eigenvalue weighted by Crippen LogP contribution is 2.35. The summed E-state index contributed by atoms with van der Waals surface area (Å²) in [6.07, 6.45) is -0.321. The second kappa shape index (κ2) is 7.69. The molecule has 1 fully saturated rings. The Bertz CT molecular complexity index is 810. The van der Waals surface area contributed by atoms with Crippen LogP contribution in [0, 0.1) is 17.7 Å². The first kappa shape index (κ1) is 20.0. The van der Waals surface area contributed by atoms with Gasteiger partial charge in [-0.25, -0.2) is 9.18 Å². The molecule has 0 aliphatic carbocycles. The van der Waals surface area contributed by atoms with Gasteiger partial charge in [-0.3, -0.25) is 4.90 Å². The largest absolute Gasteiger partial charge is 0.488 e. The number of fused-ring (bicyclic) bond motifs is 2. The van der Waals surface area contributed by atoms with Crippen LogP contribution in [0.4, 0.5) is 9.18 Å². The molecule has 3 rings (SSSR count). The van der Waals surface area contributed by atoms with E-state index in [9.17, 15) is 9.18 Å². The van der Waals surface area contributed by atoms with E-state index in [-0.39, 0.29) is 17.9 Å². The number of hydrogen-bond acceptors (Lipinski definition) is 4. The van der Waals surface area contributed by atoms with Crippen molar-refractivity contribution in [2.24, 2.45) is 0 Å². The third-order valence-electron chi connectivity index (χ3n) is 4.55. The number of piperazine rings is 1. The van der Waals surface area contributed by atoms with Crippen molar-refractivity contribution in [3.63, 3.8) is 0 Å². The Morgan fingerprint density at radius 2 is 2.15 bits per heavy atom. The Balaban J connectivity index is 1.79. The highest BCUT2D eigenvalue weighted by molar-refractivity contribution is 9.10. The minimum atomic E-state index is -0.531. The summed E-state index contributed by atoms with van der Waals surface area (Å²) in [5.41, 5.74) is 0.862. The number of benzene rings is 1. The zero-order chi connectivity index (χ0) is 19.8. The van der Waals surface area contributed by atoms with Crippen molar-refractivity contribution in [3.8, 4) is 17.6 Å². The van der Waals surface area contributed by atoms with Crippen molar-refractivity contribution in [1.29, 1.82) is 0 Å². The summed E-state index contributed by atoms with van der Waals surface area (Å²) in [6, 6.07) is 1.86. The van der Waals surface area contributed by atoms with Crippen LogP contribution in [-0.2, 0) is 11.3 Å². The van der Waals surface area contributed by atoms with Gasteiger partial charge in [-0.15, -0.1) is 5.92 Å². The maximum Gasteiger partial charge on any atom is 0.410 e. The number of carbonyl (C=O) groups is 1. The Kier molecular flexibility index (Phi) is 5.68. The molecule has 0 bridgehead atoms. The van der Waals surface area contributed by atoms with E-state index in [1.165, 1.54) is 0 Å². The average molecular weight is 439 g/mol. The molecular formula is C20H24BrFN2O3. The van der Waals surface area contributed by atoms with Crippen LogP contribution in [0.5, 0.6) is 5.75 Å². The van der Waals surface area contributed by atoms with Crippen LogP contribution in [0.3, 0.4) is 0 Å². The Morgan fingerprint density at radius 3 is 2.81 bits per heavy atom. The summed E-state index contributed by atoms with van der Waals surface area (Å²) in [5, 5.41) is 0. The number of amides is 1. The Labute approximate surface area is 167 Å². The van der Waals surface area contributed by atoms with Crippen LogP contribution in [-0.4, -0.2) is 53.8 Å². The molecule has 27 heavy (non-hydrogen) atoms. The quantitative estimate of drug-likeness (QED) is 0.578. The number of ether oxygens (including phenoxy) is 2. The van der Waals surface area contributed by atoms with Gasteiger partial charge in [0.05, 0.1) is 10.5 Å². The molecule has 1 atom stereocenters. The van der Waals surface area contributed by atoms with Gasteiger partial charge < -0.3 is 14.4 Å². The minimum absolute atomic E-state index is 0.0162. The molecule has 0 spiro atoms. The van der Waals surface area contributed by atoms with Gasteiger partial charge in [0.1, 0.15) is 12.2 Å². The van der Waals surface area contributed by atoms with Crippen molar-refractivity contribution in [3.05, 3.63) is 27.5 Å². The zero-order valence-electron chi connectivity index (χ0n) is 16.1. The maximum absolute atomic E-state index is 14.8.